The first-order chi connectivity index (χ1) is 14.7. The molecular weight excluding hydrogens is 372 g/mol. The first kappa shape index (κ1) is 19.2. The van der Waals surface area contributed by atoms with Crippen molar-refractivity contribution in [3.63, 3.8) is 0 Å². The Labute approximate surface area is 176 Å². The van der Waals surface area contributed by atoms with E-state index in [1.165, 1.54) is 0 Å². The lowest BCUT2D eigenvalue weighted by molar-refractivity contribution is 0.483. The number of anilines is 2. The highest BCUT2D eigenvalue weighted by Crippen LogP contribution is 2.33. The molecule has 4 aromatic carbocycles. The molecular formula is C26H22N2O2. The summed E-state index contributed by atoms with van der Waals surface area (Å²) < 4.78 is 12.1. The van der Waals surface area contributed by atoms with Gasteiger partial charge in [0, 0.05) is 11.1 Å². The molecule has 0 aromatic heterocycles. The molecule has 0 saturated carbocycles. The SMILES string of the molecule is Nc1ccccc1Oc1ccccc1/C=C/c1ccccc1Oc1ccccc1N. The van der Waals surface area contributed by atoms with E-state index in [-0.39, 0.29) is 0 Å². The van der Waals surface area contributed by atoms with Crippen LogP contribution in [0.5, 0.6) is 23.0 Å². The molecule has 0 atom stereocenters. The number of para-hydroxylation sites is 6. The van der Waals surface area contributed by atoms with E-state index < -0.39 is 0 Å². The van der Waals surface area contributed by atoms with Crippen molar-refractivity contribution < 1.29 is 9.47 Å². The third-order valence-electron chi connectivity index (χ3n) is 4.56. The van der Waals surface area contributed by atoms with Crippen LogP contribution in [0.15, 0.2) is 97.1 Å². The third-order valence-corrected chi connectivity index (χ3v) is 4.56. The molecule has 0 unspecified atom stereocenters. The average Bonchev–Trinajstić information content (AvgIpc) is 2.77. The molecule has 30 heavy (non-hydrogen) atoms. The quantitative estimate of drug-likeness (QED) is 0.285. The summed E-state index contributed by atoms with van der Waals surface area (Å²) in [6, 6.07) is 30.5. The summed E-state index contributed by atoms with van der Waals surface area (Å²) >= 11 is 0. The predicted octanol–water partition coefficient (Wildman–Crippen LogP) is 6.61. The molecule has 0 amide bonds. The average molecular weight is 394 g/mol. The van der Waals surface area contributed by atoms with Gasteiger partial charge in [-0.1, -0.05) is 72.8 Å². The molecule has 4 nitrogen and oxygen atoms in total. The molecule has 0 heterocycles. The van der Waals surface area contributed by atoms with Crippen molar-refractivity contribution in [2.45, 2.75) is 0 Å². The summed E-state index contributed by atoms with van der Waals surface area (Å²) in [7, 11) is 0. The summed E-state index contributed by atoms with van der Waals surface area (Å²) in [5.74, 6) is 2.69. The standard InChI is InChI=1S/C26H22N2O2/c27-21-11-3-7-15-25(21)29-23-13-5-1-9-19(23)17-18-20-10-2-6-14-24(20)30-26-16-8-4-12-22(26)28/h1-18H,27-28H2/b18-17+. The number of rotatable bonds is 6. The summed E-state index contributed by atoms with van der Waals surface area (Å²) in [5.41, 5.74) is 15.1. The molecule has 4 rings (SSSR count). The van der Waals surface area contributed by atoms with E-state index in [1.54, 1.807) is 0 Å². The second-order valence-corrected chi connectivity index (χ2v) is 6.69. The Balaban J connectivity index is 1.61. The Morgan fingerprint density at radius 3 is 1.17 bits per heavy atom. The van der Waals surface area contributed by atoms with Gasteiger partial charge in [0.05, 0.1) is 11.4 Å². The first-order valence-electron chi connectivity index (χ1n) is 9.61. The van der Waals surface area contributed by atoms with E-state index >= 15 is 0 Å². The van der Waals surface area contributed by atoms with Gasteiger partial charge < -0.3 is 20.9 Å². The van der Waals surface area contributed by atoms with Gasteiger partial charge in [-0.25, -0.2) is 0 Å². The van der Waals surface area contributed by atoms with Gasteiger partial charge >= 0.3 is 0 Å². The van der Waals surface area contributed by atoms with Gasteiger partial charge in [0.2, 0.25) is 0 Å². The first-order valence-corrected chi connectivity index (χ1v) is 9.61. The fraction of sp³-hybridized carbons (Fsp3) is 0. The van der Waals surface area contributed by atoms with Crippen LogP contribution in [0.2, 0.25) is 0 Å². The van der Waals surface area contributed by atoms with Crippen LogP contribution in [0.25, 0.3) is 12.2 Å². The highest BCUT2D eigenvalue weighted by Gasteiger charge is 2.07. The smallest absolute Gasteiger partial charge is 0.150 e. The van der Waals surface area contributed by atoms with Crippen LogP contribution in [-0.2, 0) is 0 Å². The van der Waals surface area contributed by atoms with Crippen LogP contribution in [0, 0.1) is 0 Å². The van der Waals surface area contributed by atoms with E-state index in [4.69, 9.17) is 20.9 Å². The molecule has 0 saturated heterocycles. The summed E-state index contributed by atoms with van der Waals surface area (Å²) in [6.07, 6.45) is 3.98. The highest BCUT2D eigenvalue weighted by atomic mass is 16.5. The van der Waals surface area contributed by atoms with Crippen molar-refractivity contribution in [1.82, 2.24) is 0 Å². The largest absolute Gasteiger partial charge is 0.455 e. The summed E-state index contributed by atoms with van der Waals surface area (Å²) in [5, 5.41) is 0. The number of benzene rings is 4. The van der Waals surface area contributed by atoms with Gasteiger partial charge in [0.25, 0.3) is 0 Å². The molecule has 0 spiro atoms. The van der Waals surface area contributed by atoms with Gasteiger partial charge in [-0.2, -0.15) is 0 Å². The number of nitrogens with two attached hydrogens (primary N) is 2. The topological polar surface area (TPSA) is 70.5 Å². The molecule has 148 valence electrons. The lowest BCUT2D eigenvalue weighted by Gasteiger charge is -2.12. The van der Waals surface area contributed by atoms with Crippen molar-refractivity contribution in [2.24, 2.45) is 0 Å². The second-order valence-electron chi connectivity index (χ2n) is 6.69. The number of ether oxygens (including phenoxy) is 2. The molecule has 0 aliphatic heterocycles. The third kappa shape index (κ3) is 4.45. The van der Waals surface area contributed by atoms with Crippen molar-refractivity contribution in [3.05, 3.63) is 108 Å². The molecule has 0 radical (unpaired) electrons. The van der Waals surface area contributed by atoms with Gasteiger partial charge in [0.15, 0.2) is 0 Å². The Morgan fingerprint density at radius 1 is 0.433 bits per heavy atom. The summed E-state index contributed by atoms with van der Waals surface area (Å²) in [4.78, 5) is 0. The maximum absolute atomic E-state index is 6.05. The van der Waals surface area contributed by atoms with Gasteiger partial charge in [-0.15, -0.1) is 0 Å². The van der Waals surface area contributed by atoms with Crippen molar-refractivity contribution in [3.8, 4) is 23.0 Å². The summed E-state index contributed by atoms with van der Waals surface area (Å²) in [6.45, 7) is 0. The Kier molecular flexibility index (Phi) is 5.67. The van der Waals surface area contributed by atoms with E-state index in [1.807, 2.05) is 109 Å². The zero-order chi connectivity index (χ0) is 20.8. The van der Waals surface area contributed by atoms with Gasteiger partial charge in [-0.3, -0.25) is 0 Å². The number of nitrogen functional groups attached to an aromatic ring is 2. The molecule has 0 aliphatic carbocycles. The monoisotopic (exact) mass is 394 g/mol. The Bertz CT molecular complexity index is 1090. The molecule has 4 aromatic rings. The number of hydrogen-bond acceptors (Lipinski definition) is 4. The lowest BCUT2D eigenvalue weighted by atomic mass is 10.1. The van der Waals surface area contributed by atoms with Crippen LogP contribution < -0.4 is 20.9 Å². The van der Waals surface area contributed by atoms with Crippen molar-refractivity contribution >= 4 is 23.5 Å². The van der Waals surface area contributed by atoms with Crippen molar-refractivity contribution in [1.29, 1.82) is 0 Å². The van der Waals surface area contributed by atoms with Crippen molar-refractivity contribution in [2.75, 3.05) is 11.5 Å². The molecule has 4 N–H and O–H groups in total. The van der Waals surface area contributed by atoms with Crippen LogP contribution in [0.3, 0.4) is 0 Å². The zero-order valence-corrected chi connectivity index (χ0v) is 16.4. The van der Waals surface area contributed by atoms with Crippen LogP contribution in [0.1, 0.15) is 11.1 Å². The molecule has 0 aliphatic rings. The molecule has 0 fully saturated rings. The minimum Gasteiger partial charge on any atom is -0.455 e. The Morgan fingerprint density at radius 2 is 0.767 bits per heavy atom. The number of hydrogen-bond donors (Lipinski definition) is 2. The second kappa shape index (κ2) is 8.88. The fourth-order valence-corrected chi connectivity index (χ4v) is 2.99. The van der Waals surface area contributed by atoms with E-state index in [9.17, 15) is 0 Å². The van der Waals surface area contributed by atoms with Crippen LogP contribution in [0.4, 0.5) is 11.4 Å². The minimum atomic E-state index is 0.593. The fourth-order valence-electron chi connectivity index (χ4n) is 2.99. The van der Waals surface area contributed by atoms with Crippen LogP contribution in [-0.4, -0.2) is 0 Å². The van der Waals surface area contributed by atoms with E-state index in [0.29, 0.717) is 22.9 Å². The maximum atomic E-state index is 6.05. The maximum Gasteiger partial charge on any atom is 0.150 e. The zero-order valence-electron chi connectivity index (χ0n) is 16.4. The molecule has 4 heteroatoms. The lowest BCUT2D eigenvalue weighted by Crippen LogP contribution is -1.93. The van der Waals surface area contributed by atoms with Gasteiger partial charge in [-0.05, 0) is 36.4 Å². The normalized spacial score (nSPS) is 10.8. The Hall–Kier alpha value is -4.18. The van der Waals surface area contributed by atoms with E-state index in [0.717, 1.165) is 22.6 Å². The minimum absolute atomic E-state index is 0.593. The van der Waals surface area contributed by atoms with Crippen LogP contribution >= 0.6 is 0 Å². The highest BCUT2D eigenvalue weighted by molar-refractivity contribution is 5.75. The predicted molar refractivity (Wildman–Crippen MR) is 124 cm³/mol. The van der Waals surface area contributed by atoms with E-state index in [2.05, 4.69) is 0 Å². The molecule has 0 bridgehead atoms. The van der Waals surface area contributed by atoms with Gasteiger partial charge in [0.1, 0.15) is 23.0 Å².